The molecule has 1 aromatic carbocycles. The Labute approximate surface area is 120 Å². The molecule has 1 aliphatic heterocycles. The Hall–Kier alpha value is -0.410. The third kappa shape index (κ3) is 3.12. The summed E-state index contributed by atoms with van der Waals surface area (Å²) in [5, 5.41) is 0.0122. The third-order valence-electron chi connectivity index (χ3n) is 2.66. The van der Waals surface area contributed by atoms with Gasteiger partial charge in [-0.25, -0.2) is 16.8 Å². The molecule has 0 bridgehead atoms. The van der Waals surface area contributed by atoms with Crippen molar-refractivity contribution in [2.45, 2.75) is 5.25 Å². The summed E-state index contributed by atoms with van der Waals surface area (Å²) in [5.41, 5.74) is 0.525. The minimum Gasteiger partial charge on any atom is -0.228 e. The Kier molecular flexibility index (Phi) is 3.84. The lowest BCUT2D eigenvalue weighted by Crippen LogP contribution is -2.20. The van der Waals surface area contributed by atoms with Crippen molar-refractivity contribution in [1.29, 1.82) is 0 Å². The number of rotatable bonds is 1. The van der Waals surface area contributed by atoms with Crippen LogP contribution in [0.25, 0.3) is 0 Å². The van der Waals surface area contributed by atoms with E-state index in [1.807, 2.05) is 6.07 Å². The molecule has 0 radical (unpaired) electrons. The van der Waals surface area contributed by atoms with Gasteiger partial charge in [0.05, 0.1) is 11.5 Å². The normalized spacial score (nSPS) is 25.5. The quantitative estimate of drug-likeness (QED) is 0.676. The first-order valence-electron chi connectivity index (χ1n) is 5.16. The van der Waals surface area contributed by atoms with Gasteiger partial charge in [-0.3, -0.25) is 0 Å². The lowest BCUT2D eigenvalue weighted by molar-refractivity contribution is 0.584. The van der Waals surface area contributed by atoms with Crippen molar-refractivity contribution in [2.75, 3.05) is 11.5 Å². The van der Waals surface area contributed by atoms with Gasteiger partial charge in [0.25, 0.3) is 0 Å². The van der Waals surface area contributed by atoms with Gasteiger partial charge in [0.1, 0.15) is 5.25 Å². The number of hydrogen-bond acceptors (Lipinski definition) is 4. The molecule has 1 aliphatic rings. The molecule has 4 nitrogen and oxygen atoms in total. The minimum atomic E-state index is -3.56. The maximum Gasteiger partial charge on any atom is 0.179 e. The summed E-state index contributed by atoms with van der Waals surface area (Å²) in [6.07, 6.45) is 1.21. The fourth-order valence-electron chi connectivity index (χ4n) is 1.80. The van der Waals surface area contributed by atoms with Gasteiger partial charge in [0, 0.05) is 8.98 Å². The summed E-state index contributed by atoms with van der Waals surface area (Å²) in [6, 6.07) is 6.92. The highest BCUT2D eigenvalue weighted by Gasteiger charge is 2.32. The van der Waals surface area contributed by atoms with Crippen LogP contribution in [0, 0.1) is 3.57 Å². The zero-order valence-corrected chi connectivity index (χ0v) is 13.1. The van der Waals surface area contributed by atoms with E-state index < -0.39 is 24.9 Å². The van der Waals surface area contributed by atoms with Crippen molar-refractivity contribution >= 4 is 42.3 Å². The second-order valence-corrected chi connectivity index (χ2v) is 9.50. The van der Waals surface area contributed by atoms with Crippen LogP contribution in [0.2, 0.25) is 0 Å². The summed E-state index contributed by atoms with van der Waals surface area (Å²) in [6.45, 7) is 0. The molecule has 1 atom stereocenters. The van der Waals surface area contributed by atoms with Gasteiger partial charge in [0.15, 0.2) is 19.7 Å². The van der Waals surface area contributed by atoms with Gasteiger partial charge < -0.3 is 0 Å². The van der Waals surface area contributed by atoms with E-state index in [-0.39, 0.29) is 11.5 Å². The largest absolute Gasteiger partial charge is 0.228 e. The van der Waals surface area contributed by atoms with Gasteiger partial charge >= 0.3 is 0 Å². The monoisotopic (exact) mass is 398 g/mol. The maximum atomic E-state index is 12.0. The highest BCUT2D eigenvalue weighted by molar-refractivity contribution is 14.1. The van der Waals surface area contributed by atoms with E-state index in [0.717, 1.165) is 8.98 Å². The average Bonchev–Trinajstić information content (AvgIpc) is 2.35. The molecular weight excluding hydrogens is 387 g/mol. The van der Waals surface area contributed by atoms with E-state index in [1.165, 1.54) is 6.08 Å². The van der Waals surface area contributed by atoms with Gasteiger partial charge in [-0.15, -0.1) is 0 Å². The van der Waals surface area contributed by atoms with Crippen molar-refractivity contribution in [2.24, 2.45) is 0 Å². The summed E-state index contributed by atoms with van der Waals surface area (Å²) >= 11 is 2.07. The molecule has 0 saturated heterocycles. The topological polar surface area (TPSA) is 68.3 Å². The van der Waals surface area contributed by atoms with Gasteiger partial charge in [-0.1, -0.05) is 18.2 Å². The fraction of sp³-hybridized carbons (Fsp3) is 0.273. The molecule has 0 saturated carbocycles. The van der Waals surface area contributed by atoms with E-state index >= 15 is 0 Å². The first kappa shape index (κ1) is 14.0. The molecule has 1 heterocycles. The van der Waals surface area contributed by atoms with Crippen LogP contribution in [-0.2, 0) is 19.7 Å². The summed E-state index contributed by atoms with van der Waals surface area (Å²) in [5.74, 6) is -0.574. The van der Waals surface area contributed by atoms with Crippen LogP contribution in [0.15, 0.2) is 35.7 Å². The van der Waals surface area contributed by atoms with E-state index in [9.17, 15) is 16.8 Å². The summed E-state index contributed by atoms with van der Waals surface area (Å²) in [4.78, 5) is 0. The number of hydrogen-bond donors (Lipinski definition) is 0. The maximum absolute atomic E-state index is 12.0. The Morgan fingerprint density at radius 3 is 2.56 bits per heavy atom. The number of benzene rings is 1. The van der Waals surface area contributed by atoms with Crippen molar-refractivity contribution in [3.8, 4) is 0 Å². The average molecular weight is 398 g/mol. The molecule has 0 fully saturated rings. The molecule has 0 N–H and O–H groups in total. The van der Waals surface area contributed by atoms with E-state index in [2.05, 4.69) is 22.6 Å². The standard InChI is InChI=1S/C11H11IO4S2/c12-10-4-1-3-9(7-10)11-8-17(13,14)5-2-6-18(11,15)16/h1-4,6-7,11H,5,8H2. The molecule has 1 aromatic rings. The minimum absolute atomic E-state index is 0.216. The first-order valence-corrected chi connectivity index (χ1v) is 9.67. The molecule has 7 heteroatoms. The zero-order chi connectivity index (χ0) is 13.4. The van der Waals surface area contributed by atoms with Crippen LogP contribution in [0.3, 0.4) is 0 Å². The Morgan fingerprint density at radius 1 is 1.17 bits per heavy atom. The van der Waals surface area contributed by atoms with Crippen molar-refractivity contribution in [3.63, 3.8) is 0 Å². The van der Waals surface area contributed by atoms with Crippen molar-refractivity contribution in [1.82, 2.24) is 0 Å². The SMILES string of the molecule is O=S1(=O)CC=CS(=O)(=O)C(c2cccc(I)c2)C1. The molecule has 0 aromatic heterocycles. The van der Waals surface area contributed by atoms with Gasteiger partial charge in [-0.05, 0) is 40.3 Å². The van der Waals surface area contributed by atoms with Crippen LogP contribution in [0.1, 0.15) is 10.8 Å². The fourth-order valence-corrected chi connectivity index (χ4v) is 6.13. The van der Waals surface area contributed by atoms with Crippen LogP contribution in [-0.4, -0.2) is 28.3 Å². The lowest BCUT2D eigenvalue weighted by Gasteiger charge is -2.14. The third-order valence-corrected chi connectivity index (χ3v) is 6.89. The number of sulfone groups is 2. The molecule has 0 spiro atoms. The molecule has 2 rings (SSSR count). The predicted octanol–water partition coefficient (Wildman–Crippen LogP) is 1.69. The zero-order valence-electron chi connectivity index (χ0n) is 9.28. The van der Waals surface area contributed by atoms with E-state index in [1.54, 1.807) is 18.2 Å². The van der Waals surface area contributed by atoms with Crippen molar-refractivity contribution < 1.29 is 16.8 Å². The molecular formula is C11H11IO4S2. The second-order valence-electron chi connectivity index (χ2n) is 4.08. The Morgan fingerprint density at radius 2 is 1.89 bits per heavy atom. The molecule has 98 valence electrons. The molecule has 0 aliphatic carbocycles. The van der Waals surface area contributed by atoms with Gasteiger partial charge in [0.2, 0.25) is 0 Å². The van der Waals surface area contributed by atoms with E-state index in [4.69, 9.17) is 0 Å². The first-order chi connectivity index (χ1) is 8.30. The van der Waals surface area contributed by atoms with Crippen molar-refractivity contribution in [3.05, 3.63) is 44.9 Å². The van der Waals surface area contributed by atoms with Crippen LogP contribution < -0.4 is 0 Å². The number of halogens is 1. The second kappa shape index (κ2) is 4.93. The van der Waals surface area contributed by atoms with Gasteiger partial charge in [-0.2, -0.15) is 0 Å². The lowest BCUT2D eigenvalue weighted by atomic mass is 10.2. The van der Waals surface area contributed by atoms with Crippen LogP contribution in [0.4, 0.5) is 0 Å². The van der Waals surface area contributed by atoms with Crippen LogP contribution >= 0.6 is 22.6 Å². The summed E-state index contributed by atoms with van der Waals surface area (Å²) in [7, 11) is -6.93. The predicted molar refractivity (Wildman–Crippen MR) is 78.6 cm³/mol. The van der Waals surface area contributed by atoms with E-state index in [0.29, 0.717) is 5.56 Å². The Balaban J connectivity index is 2.55. The van der Waals surface area contributed by atoms with Crippen LogP contribution in [0.5, 0.6) is 0 Å². The molecule has 0 amide bonds. The highest BCUT2D eigenvalue weighted by Crippen LogP contribution is 2.29. The highest BCUT2D eigenvalue weighted by atomic mass is 127. The molecule has 1 unspecified atom stereocenters. The summed E-state index contributed by atoms with van der Waals surface area (Å²) < 4.78 is 48.4. The smallest absolute Gasteiger partial charge is 0.179 e. The Bertz CT molecular complexity index is 690. The molecule has 18 heavy (non-hydrogen) atoms.